The first-order valence-corrected chi connectivity index (χ1v) is 8.88. The highest BCUT2D eigenvalue weighted by Crippen LogP contribution is 2.44. The Hall–Kier alpha value is -3.52. The van der Waals surface area contributed by atoms with Crippen molar-refractivity contribution in [2.45, 2.75) is 0 Å². The SMILES string of the molecule is c1ccc2c(c1)ccc1c2c2c3c(cc4ccn1c42)oc1ccccc13. The topological polar surface area (TPSA) is 17.6 Å². The fraction of sp³-hybridized carbons (Fsp3) is 0. The Bertz CT molecular complexity index is 1630. The molecular formula is C24H13NO. The molecule has 0 unspecified atom stereocenters. The molecule has 4 aromatic carbocycles. The summed E-state index contributed by atoms with van der Waals surface area (Å²) in [7, 11) is 0. The molecule has 0 aliphatic carbocycles. The van der Waals surface area contributed by atoms with Gasteiger partial charge < -0.3 is 8.82 Å². The van der Waals surface area contributed by atoms with E-state index < -0.39 is 0 Å². The molecule has 3 aromatic heterocycles. The second-order valence-corrected chi connectivity index (χ2v) is 7.03. The number of hydrogen-bond donors (Lipinski definition) is 0. The maximum absolute atomic E-state index is 6.21. The van der Waals surface area contributed by atoms with Gasteiger partial charge in [-0.3, -0.25) is 0 Å². The van der Waals surface area contributed by atoms with Gasteiger partial charge >= 0.3 is 0 Å². The summed E-state index contributed by atoms with van der Waals surface area (Å²) in [6.45, 7) is 0. The molecule has 3 heterocycles. The zero-order chi connectivity index (χ0) is 16.8. The molecule has 0 fully saturated rings. The molecule has 26 heavy (non-hydrogen) atoms. The summed E-state index contributed by atoms with van der Waals surface area (Å²) in [5.41, 5.74) is 4.46. The third kappa shape index (κ3) is 1.33. The van der Waals surface area contributed by atoms with Crippen molar-refractivity contribution in [3.8, 4) is 0 Å². The number of benzene rings is 4. The van der Waals surface area contributed by atoms with Gasteiger partial charge in [0.15, 0.2) is 0 Å². The minimum absolute atomic E-state index is 0.951. The van der Waals surface area contributed by atoms with Crippen LogP contribution in [-0.2, 0) is 0 Å². The van der Waals surface area contributed by atoms with Crippen LogP contribution in [-0.4, -0.2) is 4.40 Å². The quantitative estimate of drug-likeness (QED) is 0.301. The van der Waals surface area contributed by atoms with E-state index in [2.05, 4.69) is 77.3 Å². The van der Waals surface area contributed by atoms with Gasteiger partial charge in [0.1, 0.15) is 11.2 Å². The second-order valence-electron chi connectivity index (χ2n) is 7.03. The highest BCUT2D eigenvalue weighted by atomic mass is 16.3. The van der Waals surface area contributed by atoms with Gasteiger partial charge in [0.25, 0.3) is 0 Å². The average molecular weight is 331 g/mol. The molecule has 0 atom stereocenters. The lowest BCUT2D eigenvalue weighted by molar-refractivity contribution is 0.669. The summed E-state index contributed by atoms with van der Waals surface area (Å²) in [6, 6.07) is 25.8. The van der Waals surface area contributed by atoms with Crippen LogP contribution in [0.3, 0.4) is 0 Å². The minimum Gasteiger partial charge on any atom is -0.456 e. The lowest BCUT2D eigenvalue weighted by atomic mass is 9.99. The van der Waals surface area contributed by atoms with Crippen molar-refractivity contribution < 1.29 is 4.42 Å². The Morgan fingerprint density at radius 1 is 0.615 bits per heavy atom. The van der Waals surface area contributed by atoms with Gasteiger partial charge in [0.2, 0.25) is 0 Å². The lowest BCUT2D eigenvalue weighted by Gasteiger charge is -2.01. The molecule has 120 valence electrons. The molecular weight excluding hydrogens is 318 g/mol. The van der Waals surface area contributed by atoms with E-state index in [1.165, 1.54) is 48.7 Å². The van der Waals surface area contributed by atoms with E-state index in [9.17, 15) is 0 Å². The smallest absolute Gasteiger partial charge is 0.136 e. The summed E-state index contributed by atoms with van der Waals surface area (Å²) in [5, 5.41) is 8.84. The molecule has 0 N–H and O–H groups in total. The first kappa shape index (κ1) is 12.8. The fourth-order valence-electron chi connectivity index (χ4n) is 4.68. The average Bonchev–Trinajstić information content (AvgIpc) is 3.35. The number of rotatable bonds is 0. The van der Waals surface area contributed by atoms with Crippen LogP contribution < -0.4 is 0 Å². The van der Waals surface area contributed by atoms with Gasteiger partial charge in [-0.05, 0) is 35.0 Å². The zero-order valence-electron chi connectivity index (χ0n) is 13.9. The Labute approximate surface area is 148 Å². The lowest BCUT2D eigenvalue weighted by Crippen LogP contribution is -1.77. The molecule has 2 heteroatoms. The normalized spacial score (nSPS) is 12.6. The largest absolute Gasteiger partial charge is 0.456 e. The van der Waals surface area contributed by atoms with E-state index in [4.69, 9.17) is 4.42 Å². The van der Waals surface area contributed by atoms with Gasteiger partial charge in [-0.25, -0.2) is 0 Å². The Morgan fingerprint density at radius 2 is 1.46 bits per heavy atom. The third-order valence-corrected chi connectivity index (χ3v) is 5.73. The number of para-hydroxylation sites is 1. The monoisotopic (exact) mass is 331 g/mol. The van der Waals surface area contributed by atoms with Crippen LogP contribution in [0.4, 0.5) is 0 Å². The molecule has 0 amide bonds. The van der Waals surface area contributed by atoms with E-state index in [0.29, 0.717) is 0 Å². The Morgan fingerprint density at radius 3 is 2.42 bits per heavy atom. The van der Waals surface area contributed by atoms with Gasteiger partial charge in [0, 0.05) is 33.1 Å². The van der Waals surface area contributed by atoms with Gasteiger partial charge in [-0.1, -0.05) is 48.5 Å². The molecule has 0 radical (unpaired) electrons. The van der Waals surface area contributed by atoms with E-state index in [1.54, 1.807) is 0 Å². The van der Waals surface area contributed by atoms with Crippen LogP contribution in [0.5, 0.6) is 0 Å². The molecule has 0 saturated heterocycles. The van der Waals surface area contributed by atoms with Crippen LogP contribution in [0.1, 0.15) is 0 Å². The molecule has 0 spiro atoms. The van der Waals surface area contributed by atoms with Crippen molar-refractivity contribution in [3.63, 3.8) is 0 Å². The van der Waals surface area contributed by atoms with Crippen LogP contribution in [0, 0.1) is 0 Å². The summed E-state index contributed by atoms with van der Waals surface area (Å²) in [5.74, 6) is 0. The van der Waals surface area contributed by atoms with Gasteiger partial charge in [-0.15, -0.1) is 0 Å². The van der Waals surface area contributed by atoms with Crippen molar-refractivity contribution >= 4 is 59.9 Å². The van der Waals surface area contributed by atoms with Crippen LogP contribution in [0.2, 0.25) is 0 Å². The van der Waals surface area contributed by atoms with Crippen LogP contribution in [0.25, 0.3) is 59.9 Å². The standard InChI is InChI=1S/C24H13NO/c1-2-6-16-14(5-1)9-10-18-21(16)23-22-17-7-3-4-8-19(17)26-20(22)13-15-11-12-25(18)24(15)23/h1-13H. The molecule has 2 nitrogen and oxygen atoms in total. The Balaban J connectivity index is 1.95. The first-order chi connectivity index (χ1) is 12.9. The van der Waals surface area contributed by atoms with E-state index in [1.807, 2.05) is 6.07 Å². The van der Waals surface area contributed by atoms with Crippen molar-refractivity contribution in [1.82, 2.24) is 4.40 Å². The van der Waals surface area contributed by atoms with Crippen molar-refractivity contribution in [2.75, 3.05) is 0 Å². The molecule has 7 rings (SSSR count). The summed E-state index contributed by atoms with van der Waals surface area (Å²) < 4.78 is 8.54. The molecule has 0 bridgehead atoms. The Kier molecular flexibility index (Phi) is 2.05. The fourth-order valence-corrected chi connectivity index (χ4v) is 4.68. The van der Waals surface area contributed by atoms with E-state index in [-0.39, 0.29) is 0 Å². The number of fused-ring (bicyclic) bond motifs is 9. The van der Waals surface area contributed by atoms with E-state index in [0.717, 1.165) is 11.2 Å². The van der Waals surface area contributed by atoms with Crippen molar-refractivity contribution in [2.24, 2.45) is 0 Å². The number of hydrogen-bond acceptors (Lipinski definition) is 1. The predicted octanol–water partition coefficient (Wildman–Crippen LogP) is 6.74. The second kappa shape index (κ2) is 4.17. The van der Waals surface area contributed by atoms with Crippen molar-refractivity contribution in [3.05, 3.63) is 79.0 Å². The highest BCUT2D eigenvalue weighted by molar-refractivity contribution is 6.34. The maximum Gasteiger partial charge on any atom is 0.136 e. The molecule has 0 aliphatic rings. The first-order valence-electron chi connectivity index (χ1n) is 8.88. The highest BCUT2D eigenvalue weighted by Gasteiger charge is 2.20. The zero-order valence-corrected chi connectivity index (χ0v) is 13.9. The summed E-state index contributed by atoms with van der Waals surface area (Å²) in [6.07, 6.45) is 2.18. The van der Waals surface area contributed by atoms with E-state index >= 15 is 0 Å². The number of nitrogens with zero attached hydrogens (tertiary/aromatic N) is 1. The molecule has 0 aliphatic heterocycles. The minimum atomic E-state index is 0.951. The number of aromatic nitrogens is 1. The molecule has 0 saturated carbocycles. The maximum atomic E-state index is 6.21. The van der Waals surface area contributed by atoms with Gasteiger partial charge in [-0.2, -0.15) is 0 Å². The molecule has 7 aromatic rings. The summed E-state index contributed by atoms with van der Waals surface area (Å²) >= 11 is 0. The van der Waals surface area contributed by atoms with Crippen LogP contribution in [0.15, 0.2) is 83.4 Å². The van der Waals surface area contributed by atoms with Crippen molar-refractivity contribution in [1.29, 1.82) is 0 Å². The number of furan rings is 1. The third-order valence-electron chi connectivity index (χ3n) is 5.73. The summed E-state index contributed by atoms with van der Waals surface area (Å²) in [4.78, 5) is 0. The van der Waals surface area contributed by atoms with Gasteiger partial charge in [0.05, 0.1) is 11.0 Å². The van der Waals surface area contributed by atoms with Crippen LogP contribution >= 0.6 is 0 Å². The predicted molar refractivity (Wildman–Crippen MR) is 108 cm³/mol.